The van der Waals surface area contributed by atoms with Gasteiger partial charge in [-0.2, -0.15) is 0 Å². The van der Waals surface area contributed by atoms with Gasteiger partial charge in [0.15, 0.2) is 0 Å². The van der Waals surface area contributed by atoms with E-state index in [1.54, 1.807) is 19.6 Å². The molecule has 1 fully saturated rings. The molecule has 10 nitrogen and oxygen atoms in total. The second kappa shape index (κ2) is 13.8. The van der Waals surface area contributed by atoms with Crippen LogP contribution in [0.5, 0.6) is 5.75 Å². The van der Waals surface area contributed by atoms with E-state index in [2.05, 4.69) is 49.6 Å². The van der Waals surface area contributed by atoms with Crippen LogP contribution in [-0.4, -0.2) is 67.8 Å². The first-order valence-corrected chi connectivity index (χ1v) is 13.9. The van der Waals surface area contributed by atoms with Crippen LogP contribution in [0.3, 0.4) is 0 Å². The van der Waals surface area contributed by atoms with Gasteiger partial charge in [-0.25, -0.2) is 9.97 Å². The van der Waals surface area contributed by atoms with E-state index in [0.717, 1.165) is 54.1 Å². The summed E-state index contributed by atoms with van der Waals surface area (Å²) in [6.45, 7) is 11.9. The number of likely N-dealkylation sites (N-methyl/N-ethyl adjacent to an activating group) is 1. The number of rotatable bonds is 13. The average molecular weight is 569 g/mol. The smallest absolute Gasteiger partial charge is 0.247 e. The SMILES string of the molecule is C=CC(=O)Nc1cc(Nc2cc(N3CCC[C@@H]3c3cccc(C)c3C=N)ncn2)c(OC)cc1N(C=C)CCN(C)C. The summed E-state index contributed by atoms with van der Waals surface area (Å²) in [4.78, 5) is 27.8. The molecule has 1 amide bonds. The molecule has 2 aromatic carbocycles. The fourth-order valence-electron chi connectivity index (χ4n) is 5.24. The predicted octanol–water partition coefficient (Wildman–Crippen LogP) is 5.51. The third-order valence-corrected chi connectivity index (χ3v) is 7.40. The number of ether oxygens (including phenoxy) is 1. The second-order valence-corrected chi connectivity index (χ2v) is 10.4. The summed E-state index contributed by atoms with van der Waals surface area (Å²) in [6.07, 6.45) is 7.96. The van der Waals surface area contributed by atoms with Crippen molar-refractivity contribution in [1.29, 1.82) is 5.41 Å². The Balaban J connectivity index is 1.68. The minimum absolute atomic E-state index is 0.117. The lowest BCUT2D eigenvalue weighted by Crippen LogP contribution is -2.28. The summed E-state index contributed by atoms with van der Waals surface area (Å²) >= 11 is 0. The number of carbonyl (C=O) groups is 1. The van der Waals surface area contributed by atoms with Gasteiger partial charge < -0.3 is 35.5 Å². The zero-order valence-corrected chi connectivity index (χ0v) is 24.9. The Labute approximate surface area is 248 Å². The summed E-state index contributed by atoms with van der Waals surface area (Å²) in [7, 11) is 5.61. The molecule has 0 bridgehead atoms. The number of nitrogens with one attached hydrogen (secondary N) is 3. The highest BCUT2D eigenvalue weighted by atomic mass is 16.5. The molecule has 0 unspecified atom stereocenters. The van der Waals surface area contributed by atoms with Crippen LogP contribution in [0.2, 0.25) is 0 Å². The molecule has 0 spiro atoms. The van der Waals surface area contributed by atoms with Gasteiger partial charge in [-0.1, -0.05) is 31.4 Å². The van der Waals surface area contributed by atoms with Crippen molar-refractivity contribution in [2.75, 3.05) is 61.3 Å². The van der Waals surface area contributed by atoms with Crippen molar-refractivity contribution in [2.45, 2.75) is 25.8 Å². The summed E-state index contributed by atoms with van der Waals surface area (Å²) in [6, 6.07) is 11.9. The van der Waals surface area contributed by atoms with Crippen molar-refractivity contribution in [3.05, 3.63) is 84.8 Å². The zero-order chi connectivity index (χ0) is 30.2. The quantitative estimate of drug-likeness (QED) is 0.183. The molecule has 2 heterocycles. The van der Waals surface area contributed by atoms with Crippen LogP contribution in [0.4, 0.5) is 28.7 Å². The van der Waals surface area contributed by atoms with E-state index in [9.17, 15) is 4.79 Å². The standard InChI is InChI=1S/C32H40N8O2/c1-7-32(41)37-25-17-26(29(42-6)18-28(25)39(8-2)16-15-38(4)5)36-30-19-31(35-21-34-30)40-14-10-13-27(40)23-12-9-11-22(3)24(23)20-33/h7-9,11-12,17-21,27,33H,1-2,10,13-16H2,3-6H3,(H,37,41)(H,34,35,36)/t27-/m1/s1. The van der Waals surface area contributed by atoms with Crippen molar-refractivity contribution < 1.29 is 9.53 Å². The van der Waals surface area contributed by atoms with Gasteiger partial charge in [-0.15, -0.1) is 0 Å². The molecule has 1 aliphatic heterocycles. The van der Waals surface area contributed by atoms with Gasteiger partial charge in [-0.05, 0) is 63.3 Å². The highest BCUT2D eigenvalue weighted by Crippen LogP contribution is 2.40. The zero-order valence-electron chi connectivity index (χ0n) is 24.9. The van der Waals surface area contributed by atoms with Gasteiger partial charge in [0.25, 0.3) is 0 Å². The Kier molecular flexibility index (Phi) is 9.93. The summed E-state index contributed by atoms with van der Waals surface area (Å²) < 4.78 is 5.76. The first kappa shape index (κ1) is 30.3. The van der Waals surface area contributed by atoms with Gasteiger partial charge in [-0.3, -0.25) is 4.79 Å². The maximum atomic E-state index is 12.4. The first-order chi connectivity index (χ1) is 20.3. The second-order valence-electron chi connectivity index (χ2n) is 10.4. The number of anilines is 5. The number of amides is 1. The summed E-state index contributed by atoms with van der Waals surface area (Å²) in [5, 5.41) is 14.3. The number of nitrogens with zero attached hydrogens (tertiary/aromatic N) is 5. The van der Waals surface area contributed by atoms with Crippen LogP contribution in [0, 0.1) is 12.3 Å². The van der Waals surface area contributed by atoms with Crippen molar-refractivity contribution >= 4 is 40.8 Å². The van der Waals surface area contributed by atoms with Crippen LogP contribution in [-0.2, 0) is 4.79 Å². The maximum absolute atomic E-state index is 12.4. The number of benzene rings is 2. The Morgan fingerprint density at radius 1 is 1.19 bits per heavy atom. The normalized spacial score (nSPS) is 14.4. The first-order valence-electron chi connectivity index (χ1n) is 13.9. The van der Waals surface area contributed by atoms with Crippen LogP contribution < -0.4 is 25.2 Å². The molecule has 3 N–H and O–H groups in total. The number of hydrogen-bond acceptors (Lipinski definition) is 9. The Morgan fingerprint density at radius 3 is 2.69 bits per heavy atom. The van der Waals surface area contributed by atoms with E-state index in [-0.39, 0.29) is 11.9 Å². The van der Waals surface area contributed by atoms with Gasteiger partial charge in [0, 0.05) is 43.5 Å². The summed E-state index contributed by atoms with van der Waals surface area (Å²) in [5.41, 5.74) is 5.13. The maximum Gasteiger partial charge on any atom is 0.247 e. The lowest BCUT2D eigenvalue weighted by molar-refractivity contribution is -0.111. The molecule has 1 aliphatic rings. The molecule has 0 saturated carbocycles. The molecule has 1 atom stereocenters. The van der Waals surface area contributed by atoms with Crippen molar-refractivity contribution in [3.8, 4) is 5.75 Å². The number of hydrogen-bond donors (Lipinski definition) is 3. The Bertz CT molecular complexity index is 1450. The Morgan fingerprint density at radius 2 is 2.00 bits per heavy atom. The van der Waals surface area contributed by atoms with E-state index in [1.165, 1.54) is 12.3 Å². The molecular formula is C32H40N8O2. The predicted molar refractivity (Wildman–Crippen MR) is 172 cm³/mol. The largest absolute Gasteiger partial charge is 0.494 e. The molecule has 42 heavy (non-hydrogen) atoms. The minimum atomic E-state index is -0.325. The molecule has 220 valence electrons. The summed E-state index contributed by atoms with van der Waals surface area (Å²) in [5.74, 6) is 1.63. The van der Waals surface area contributed by atoms with Crippen LogP contribution in [0.1, 0.15) is 35.6 Å². The van der Waals surface area contributed by atoms with Gasteiger partial charge in [0.2, 0.25) is 5.91 Å². The van der Waals surface area contributed by atoms with E-state index in [0.29, 0.717) is 29.5 Å². The third kappa shape index (κ3) is 6.77. The molecule has 10 heteroatoms. The molecule has 4 rings (SSSR count). The van der Waals surface area contributed by atoms with Crippen molar-refractivity contribution in [1.82, 2.24) is 14.9 Å². The fourth-order valence-corrected chi connectivity index (χ4v) is 5.24. The van der Waals surface area contributed by atoms with Gasteiger partial charge in [0.1, 0.15) is 23.7 Å². The topological polar surface area (TPSA) is 110 Å². The number of carbonyl (C=O) groups excluding carboxylic acids is 1. The van der Waals surface area contributed by atoms with E-state index < -0.39 is 0 Å². The van der Waals surface area contributed by atoms with Gasteiger partial charge >= 0.3 is 0 Å². The van der Waals surface area contributed by atoms with E-state index in [4.69, 9.17) is 10.1 Å². The number of aryl methyl sites for hydroxylation is 1. The third-order valence-electron chi connectivity index (χ3n) is 7.40. The highest BCUT2D eigenvalue weighted by molar-refractivity contribution is 6.02. The average Bonchev–Trinajstić information content (AvgIpc) is 3.48. The monoisotopic (exact) mass is 568 g/mol. The van der Waals surface area contributed by atoms with Crippen molar-refractivity contribution in [2.24, 2.45) is 0 Å². The molecule has 1 saturated heterocycles. The lowest BCUT2D eigenvalue weighted by Gasteiger charge is -2.28. The van der Waals surface area contributed by atoms with Gasteiger partial charge in [0.05, 0.1) is 30.2 Å². The molecule has 0 aliphatic carbocycles. The number of methoxy groups -OCH3 is 1. The Hall–Kier alpha value is -4.70. The fraction of sp³-hybridized carbons (Fsp3) is 0.312. The molecule has 3 aromatic rings. The van der Waals surface area contributed by atoms with Crippen LogP contribution in [0.25, 0.3) is 0 Å². The van der Waals surface area contributed by atoms with Crippen molar-refractivity contribution in [3.63, 3.8) is 0 Å². The highest BCUT2D eigenvalue weighted by Gasteiger charge is 2.29. The molecular weight excluding hydrogens is 528 g/mol. The lowest BCUT2D eigenvalue weighted by atomic mass is 9.95. The van der Waals surface area contributed by atoms with Crippen LogP contribution >= 0.6 is 0 Å². The minimum Gasteiger partial charge on any atom is -0.494 e. The van der Waals surface area contributed by atoms with E-state index >= 15 is 0 Å². The van der Waals surface area contributed by atoms with E-state index in [1.807, 2.05) is 56.3 Å². The molecule has 0 radical (unpaired) electrons. The number of aromatic nitrogens is 2. The molecule has 1 aromatic heterocycles. The van der Waals surface area contributed by atoms with Crippen LogP contribution in [0.15, 0.2) is 68.2 Å².